The maximum Gasteiger partial charge on any atom is 0.271 e. The molecule has 27 heavy (non-hydrogen) atoms. The standard InChI is InChI=1S/C19H21Cl2N3O3/c1-12-4-6-14(24(26)27)11-17(12)23-18(25)8-9-22-19(2,3)13-5-7-15(20)16(21)10-13/h4-7,10-11,22H,8-9H2,1-3H3,(H,23,25). The second kappa shape index (κ2) is 8.69. The number of carbonyl (C=O) groups is 1. The first-order valence-corrected chi connectivity index (χ1v) is 9.11. The Bertz CT molecular complexity index is 869. The van der Waals surface area contributed by atoms with Gasteiger partial charge in [0.05, 0.1) is 20.7 Å². The maximum atomic E-state index is 12.2. The lowest BCUT2D eigenvalue weighted by atomic mass is 9.94. The second-order valence-corrected chi connectivity index (χ2v) is 7.55. The van der Waals surface area contributed by atoms with E-state index in [1.54, 1.807) is 25.1 Å². The zero-order valence-corrected chi connectivity index (χ0v) is 16.8. The number of carbonyl (C=O) groups excluding carboxylic acids is 1. The molecule has 8 heteroatoms. The molecule has 0 aliphatic rings. The monoisotopic (exact) mass is 409 g/mol. The molecule has 0 saturated carbocycles. The molecule has 0 atom stereocenters. The minimum Gasteiger partial charge on any atom is -0.326 e. The van der Waals surface area contributed by atoms with Gasteiger partial charge in [-0.1, -0.05) is 35.3 Å². The van der Waals surface area contributed by atoms with Gasteiger partial charge in [0, 0.05) is 30.6 Å². The summed E-state index contributed by atoms with van der Waals surface area (Å²) in [5, 5.41) is 17.9. The molecular weight excluding hydrogens is 389 g/mol. The molecule has 0 unspecified atom stereocenters. The number of rotatable bonds is 7. The van der Waals surface area contributed by atoms with Crippen molar-refractivity contribution in [3.05, 3.63) is 67.7 Å². The highest BCUT2D eigenvalue weighted by Gasteiger charge is 2.21. The summed E-state index contributed by atoms with van der Waals surface area (Å²) < 4.78 is 0. The molecule has 2 N–H and O–H groups in total. The van der Waals surface area contributed by atoms with E-state index in [0.717, 1.165) is 11.1 Å². The van der Waals surface area contributed by atoms with Gasteiger partial charge >= 0.3 is 0 Å². The Morgan fingerprint density at radius 1 is 1.15 bits per heavy atom. The van der Waals surface area contributed by atoms with Crippen LogP contribution in [0.15, 0.2) is 36.4 Å². The third-order valence-corrected chi connectivity index (χ3v) is 5.01. The van der Waals surface area contributed by atoms with Crippen molar-refractivity contribution in [2.75, 3.05) is 11.9 Å². The van der Waals surface area contributed by atoms with Crippen LogP contribution in [0.5, 0.6) is 0 Å². The van der Waals surface area contributed by atoms with Crippen molar-refractivity contribution in [2.45, 2.75) is 32.7 Å². The summed E-state index contributed by atoms with van der Waals surface area (Å²) in [5.74, 6) is -0.226. The van der Waals surface area contributed by atoms with Crippen molar-refractivity contribution in [3.8, 4) is 0 Å². The van der Waals surface area contributed by atoms with Gasteiger partial charge in [0.25, 0.3) is 5.69 Å². The molecule has 0 saturated heterocycles. The fraction of sp³-hybridized carbons (Fsp3) is 0.316. The number of aryl methyl sites for hydroxylation is 1. The van der Waals surface area contributed by atoms with Gasteiger partial charge in [-0.2, -0.15) is 0 Å². The SMILES string of the molecule is Cc1ccc([N+](=O)[O-])cc1NC(=O)CCNC(C)(C)c1ccc(Cl)c(Cl)c1. The smallest absolute Gasteiger partial charge is 0.271 e. The predicted molar refractivity (Wildman–Crippen MR) is 109 cm³/mol. The summed E-state index contributed by atoms with van der Waals surface area (Å²) in [6.45, 7) is 6.17. The van der Waals surface area contributed by atoms with Crippen LogP contribution < -0.4 is 10.6 Å². The molecule has 0 aliphatic heterocycles. The molecule has 1 amide bonds. The van der Waals surface area contributed by atoms with E-state index in [9.17, 15) is 14.9 Å². The number of nitrogens with one attached hydrogen (secondary N) is 2. The van der Waals surface area contributed by atoms with Gasteiger partial charge in [-0.3, -0.25) is 14.9 Å². The topological polar surface area (TPSA) is 84.3 Å². The third kappa shape index (κ3) is 5.66. The van der Waals surface area contributed by atoms with E-state index in [1.165, 1.54) is 12.1 Å². The average Bonchev–Trinajstić information content (AvgIpc) is 2.58. The van der Waals surface area contributed by atoms with Crippen LogP contribution in [0.1, 0.15) is 31.4 Å². The summed E-state index contributed by atoms with van der Waals surface area (Å²) >= 11 is 12.0. The van der Waals surface area contributed by atoms with E-state index in [-0.39, 0.29) is 18.0 Å². The van der Waals surface area contributed by atoms with Gasteiger partial charge in [0.1, 0.15) is 0 Å². The molecule has 0 aliphatic carbocycles. The highest BCUT2D eigenvalue weighted by Crippen LogP contribution is 2.28. The molecule has 144 valence electrons. The predicted octanol–water partition coefficient (Wildman–Crippen LogP) is 5.06. The van der Waals surface area contributed by atoms with Crippen LogP contribution in [0.4, 0.5) is 11.4 Å². The van der Waals surface area contributed by atoms with Crippen LogP contribution in [0, 0.1) is 17.0 Å². The zero-order chi connectivity index (χ0) is 20.2. The highest BCUT2D eigenvalue weighted by molar-refractivity contribution is 6.42. The minimum absolute atomic E-state index is 0.0604. The number of hydrogen-bond acceptors (Lipinski definition) is 4. The van der Waals surface area contributed by atoms with Crippen molar-refractivity contribution in [1.82, 2.24) is 5.32 Å². The Hall–Kier alpha value is -2.15. The van der Waals surface area contributed by atoms with E-state index in [2.05, 4.69) is 10.6 Å². The first-order valence-electron chi connectivity index (χ1n) is 8.35. The van der Waals surface area contributed by atoms with Crippen LogP contribution in [0.25, 0.3) is 0 Å². The first kappa shape index (κ1) is 21.2. The normalized spacial score (nSPS) is 11.3. The molecule has 2 aromatic rings. The van der Waals surface area contributed by atoms with Gasteiger partial charge in [-0.05, 0) is 44.0 Å². The molecule has 0 fully saturated rings. The Kier molecular flexibility index (Phi) is 6.81. The lowest BCUT2D eigenvalue weighted by molar-refractivity contribution is -0.384. The summed E-state index contributed by atoms with van der Waals surface area (Å²) in [6.07, 6.45) is 0.215. The largest absolute Gasteiger partial charge is 0.326 e. The Labute approximate surface area is 168 Å². The number of benzene rings is 2. The van der Waals surface area contributed by atoms with Crippen LogP contribution >= 0.6 is 23.2 Å². The van der Waals surface area contributed by atoms with Crippen LogP contribution in [-0.4, -0.2) is 17.4 Å². The van der Waals surface area contributed by atoms with Crippen LogP contribution in [0.3, 0.4) is 0 Å². The van der Waals surface area contributed by atoms with E-state index in [0.29, 0.717) is 22.3 Å². The molecule has 2 aromatic carbocycles. The van der Waals surface area contributed by atoms with Crippen molar-refractivity contribution >= 4 is 40.5 Å². The molecule has 2 rings (SSSR count). The quantitative estimate of drug-likeness (QED) is 0.494. The average molecular weight is 410 g/mol. The summed E-state index contributed by atoms with van der Waals surface area (Å²) in [7, 11) is 0. The molecule has 0 aromatic heterocycles. The fourth-order valence-electron chi connectivity index (χ4n) is 2.55. The lowest BCUT2D eigenvalue weighted by Crippen LogP contribution is -2.38. The summed E-state index contributed by atoms with van der Waals surface area (Å²) in [4.78, 5) is 22.6. The number of amides is 1. The zero-order valence-electron chi connectivity index (χ0n) is 15.3. The number of anilines is 1. The lowest BCUT2D eigenvalue weighted by Gasteiger charge is -2.27. The van der Waals surface area contributed by atoms with E-state index < -0.39 is 10.5 Å². The Balaban J connectivity index is 1.95. The number of halogens is 2. The van der Waals surface area contributed by atoms with Crippen LogP contribution in [-0.2, 0) is 10.3 Å². The molecule has 6 nitrogen and oxygen atoms in total. The number of non-ortho nitro benzene ring substituents is 1. The Morgan fingerprint density at radius 3 is 2.48 bits per heavy atom. The number of hydrogen-bond donors (Lipinski definition) is 2. The number of nitro groups is 1. The van der Waals surface area contributed by atoms with E-state index in [4.69, 9.17) is 23.2 Å². The van der Waals surface area contributed by atoms with Gasteiger partial charge < -0.3 is 10.6 Å². The molecule has 0 radical (unpaired) electrons. The first-order chi connectivity index (χ1) is 12.6. The van der Waals surface area contributed by atoms with Gasteiger partial charge in [-0.25, -0.2) is 0 Å². The van der Waals surface area contributed by atoms with E-state index in [1.807, 2.05) is 19.9 Å². The summed E-state index contributed by atoms with van der Waals surface area (Å²) in [5.41, 5.74) is 1.69. The molecular formula is C19H21Cl2N3O3. The van der Waals surface area contributed by atoms with Crippen molar-refractivity contribution in [2.24, 2.45) is 0 Å². The minimum atomic E-state index is -0.490. The highest BCUT2D eigenvalue weighted by atomic mass is 35.5. The second-order valence-electron chi connectivity index (χ2n) is 6.74. The van der Waals surface area contributed by atoms with Gasteiger partial charge in [0.15, 0.2) is 0 Å². The van der Waals surface area contributed by atoms with Gasteiger partial charge in [0.2, 0.25) is 5.91 Å². The fourth-order valence-corrected chi connectivity index (χ4v) is 2.84. The van der Waals surface area contributed by atoms with Crippen molar-refractivity contribution in [3.63, 3.8) is 0 Å². The summed E-state index contributed by atoms with van der Waals surface area (Å²) in [6, 6.07) is 9.80. The molecule has 0 spiro atoms. The van der Waals surface area contributed by atoms with Crippen LogP contribution in [0.2, 0.25) is 10.0 Å². The number of nitro benzene ring substituents is 1. The van der Waals surface area contributed by atoms with E-state index >= 15 is 0 Å². The maximum absolute atomic E-state index is 12.2. The Morgan fingerprint density at radius 2 is 1.85 bits per heavy atom. The molecule has 0 bridgehead atoms. The third-order valence-electron chi connectivity index (χ3n) is 4.27. The van der Waals surface area contributed by atoms with Crippen molar-refractivity contribution < 1.29 is 9.72 Å². The molecule has 0 heterocycles. The van der Waals surface area contributed by atoms with Gasteiger partial charge in [-0.15, -0.1) is 0 Å². The number of nitrogens with zero attached hydrogens (tertiary/aromatic N) is 1. The van der Waals surface area contributed by atoms with Crippen molar-refractivity contribution in [1.29, 1.82) is 0 Å².